The van der Waals surface area contributed by atoms with E-state index in [-0.39, 0.29) is 6.54 Å². The number of rotatable bonds is 4. The molecule has 1 heterocycles. The number of nitrogens with zero attached hydrogens (tertiary/aromatic N) is 1. The predicted molar refractivity (Wildman–Crippen MR) is 78.7 cm³/mol. The number of carbonyl (C=O) groups is 2. The lowest BCUT2D eigenvalue weighted by atomic mass is 9.86. The first-order valence-corrected chi connectivity index (χ1v) is 7.35. The molecule has 1 aliphatic rings. The van der Waals surface area contributed by atoms with Gasteiger partial charge in [0.05, 0.1) is 0 Å². The Labute approximate surface area is 137 Å². The molecule has 0 radical (unpaired) electrons. The van der Waals surface area contributed by atoms with Crippen LogP contribution < -0.4 is 4.74 Å². The summed E-state index contributed by atoms with van der Waals surface area (Å²) in [6.45, 7) is 2.00. The molecule has 1 aromatic carbocycles. The zero-order valence-electron chi connectivity index (χ0n) is 13.3. The molecule has 132 valence electrons. The monoisotopic (exact) mass is 345 g/mol. The molecule has 0 saturated carbocycles. The lowest BCUT2D eigenvalue weighted by Crippen LogP contribution is -2.48. The van der Waals surface area contributed by atoms with E-state index in [2.05, 4.69) is 0 Å². The lowest BCUT2D eigenvalue weighted by Gasteiger charge is -2.27. The number of carboxylic acid groups (broad SMARTS) is 1. The van der Waals surface area contributed by atoms with Crippen molar-refractivity contribution in [3.63, 3.8) is 0 Å². The van der Waals surface area contributed by atoms with Gasteiger partial charge in [0, 0.05) is 13.1 Å². The van der Waals surface area contributed by atoms with E-state index in [1.807, 2.05) is 6.07 Å². The van der Waals surface area contributed by atoms with Crippen LogP contribution in [0.25, 0.3) is 0 Å². The third-order valence-corrected chi connectivity index (χ3v) is 4.32. The summed E-state index contributed by atoms with van der Waals surface area (Å²) in [6.07, 6.45) is -5.57. The van der Waals surface area contributed by atoms with Gasteiger partial charge in [-0.3, -0.25) is 9.59 Å². The van der Waals surface area contributed by atoms with Gasteiger partial charge >= 0.3 is 12.1 Å². The SMILES string of the molecule is Cc1cccc(C)c1OCC(=O)N1CCC(C(=O)O)(C(F)(F)F)C1. The van der Waals surface area contributed by atoms with Gasteiger partial charge in [-0.15, -0.1) is 0 Å². The second-order valence-corrected chi connectivity index (χ2v) is 5.96. The van der Waals surface area contributed by atoms with Crippen LogP contribution in [0, 0.1) is 19.3 Å². The van der Waals surface area contributed by atoms with Crippen LogP contribution in [0.4, 0.5) is 13.2 Å². The maximum absolute atomic E-state index is 13.1. The van der Waals surface area contributed by atoms with Crippen molar-refractivity contribution in [1.82, 2.24) is 4.90 Å². The largest absolute Gasteiger partial charge is 0.483 e. The number of ether oxygens (including phenoxy) is 1. The third kappa shape index (κ3) is 3.18. The van der Waals surface area contributed by atoms with E-state index in [1.54, 1.807) is 26.0 Å². The van der Waals surface area contributed by atoms with Gasteiger partial charge in [0.1, 0.15) is 5.75 Å². The first-order chi connectivity index (χ1) is 11.1. The number of hydrogen-bond acceptors (Lipinski definition) is 3. The zero-order valence-corrected chi connectivity index (χ0v) is 13.3. The van der Waals surface area contributed by atoms with Gasteiger partial charge in [-0.05, 0) is 31.4 Å². The molecule has 1 atom stereocenters. The summed E-state index contributed by atoms with van der Waals surface area (Å²) in [5, 5.41) is 8.99. The highest BCUT2D eigenvalue weighted by Crippen LogP contribution is 2.45. The number of aryl methyl sites for hydroxylation is 2. The fraction of sp³-hybridized carbons (Fsp3) is 0.500. The first kappa shape index (κ1) is 18.1. The van der Waals surface area contributed by atoms with Crippen molar-refractivity contribution in [1.29, 1.82) is 0 Å². The van der Waals surface area contributed by atoms with E-state index in [4.69, 9.17) is 9.84 Å². The van der Waals surface area contributed by atoms with Crippen LogP contribution in [0.2, 0.25) is 0 Å². The van der Waals surface area contributed by atoms with Crippen molar-refractivity contribution in [3.8, 4) is 5.75 Å². The minimum Gasteiger partial charge on any atom is -0.483 e. The molecule has 2 rings (SSSR count). The average Bonchev–Trinajstić information content (AvgIpc) is 2.93. The van der Waals surface area contributed by atoms with Gasteiger partial charge in [0.2, 0.25) is 0 Å². The number of likely N-dealkylation sites (tertiary alicyclic amines) is 1. The summed E-state index contributed by atoms with van der Waals surface area (Å²) in [5.41, 5.74) is -1.29. The third-order valence-electron chi connectivity index (χ3n) is 4.32. The Morgan fingerprint density at radius 2 is 1.88 bits per heavy atom. The smallest absolute Gasteiger partial charge is 0.406 e. The second-order valence-electron chi connectivity index (χ2n) is 5.96. The van der Waals surface area contributed by atoms with Crippen molar-refractivity contribution >= 4 is 11.9 Å². The van der Waals surface area contributed by atoms with Gasteiger partial charge in [-0.25, -0.2) is 0 Å². The van der Waals surface area contributed by atoms with Gasteiger partial charge in [0.25, 0.3) is 5.91 Å². The Hall–Kier alpha value is -2.25. The predicted octanol–water partition coefficient (Wildman–Crippen LogP) is 2.55. The molecule has 1 unspecified atom stereocenters. The van der Waals surface area contributed by atoms with E-state index >= 15 is 0 Å². The van der Waals surface area contributed by atoms with Crippen molar-refractivity contribution < 1.29 is 32.6 Å². The van der Waals surface area contributed by atoms with Crippen LogP contribution in [-0.4, -0.2) is 47.8 Å². The van der Waals surface area contributed by atoms with Gasteiger partial charge in [0.15, 0.2) is 12.0 Å². The maximum Gasteiger partial charge on any atom is 0.406 e. The van der Waals surface area contributed by atoms with Crippen molar-refractivity contribution in [2.45, 2.75) is 26.4 Å². The molecule has 5 nitrogen and oxygen atoms in total. The number of carboxylic acids is 1. The summed E-state index contributed by atoms with van der Waals surface area (Å²) in [5.74, 6) is -2.11. The second kappa shape index (κ2) is 6.33. The minimum atomic E-state index is -4.92. The molecule has 24 heavy (non-hydrogen) atoms. The highest BCUT2D eigenvalue weighted by molar-refractivity contribution is 5.82. The van der Waals surface area contributed by atoms with Crippen LogP contribution in [0.5, 0.6) is 5.75 Å². The molecule has 1 saturated heterocycles. The number of benzene rings is 1. The van der Waals surface area contributed by atoms with E-state index in [9.17, 15) is 22.8 Å². The van der Waals surface area contributed by atoms with E-state index in [0.717, 1.165) is 16.0 Å². The number of alkyl halides is 3. The highest BCUT2D eigenvalue weighted by atomic mass is 19.4. The van der Waals surface area contributed by atoms with Gasteiger partial charge < -0.3 is 14.7 Å². The van der Waals surface area contributed by atoms with Crippen LogP contribution in [-0.2, 0) is 9.59 Å². The molecule has 0 aliphatic carbocycles. The Kier molecular flexibility index (Phi) is 4.77. The Morgan fingerprint density at radius 1 is 1.29 bits per heavy atom. The van der Waals surface area contributed by atoms with Crippen LogP contribution >= 0.6 is 0 Å². The van der Waals surface area contributed by atoms with Crippen LogP contribution in [0.1, 0.15) is 17.5 Å². The first-order valence-electron chi connectivity index (χ1n) is 7.35. The molecule has 1 N–H and O–H groups in total. The Bertz CT molecular complexity index is 639. The quantitative estimate of drug-likeness (QED) is 0.911. The maximum atomic E-state index is 13.1. The number of hydrogen-bond donors (Lipinski definition) is 1. The zero-order chi connectivity index (χ0) is 18.1. The summed E-state index contributed by atoms with van der Waals surface area (Å²) < 4.78 is 44.8. The number of amides is 1. The Morgan fingerprint density at radius 3 is 2.33 bits per heavy atom. The van der Waals surface area contributed by atoms with E-state index in [1.165, 1.54) is 0 Å². The molecule has 0 aromatic heterocycles. The molecule has 1 aromatic rings. The van der Waals surface area contributed by atoms with Crippen LogP contribution in [0.3, 0.4) is 0 Å². The van der Waals surface area contributed by atoms with Crippen molar-refractivity contribution in [2.24, 2.45) is 5.41 Å². The summed E-state index contributed by atoms with van der Waals surface area (Å²) in [4.78, 5) is 24.1. The topological polar surface area (TPSA) is 66.8 Å². The number of aliphatic carboxylic acids is 1. The van der Waals surface area contributed by atoms with Crippen molar-refractivity contribution in [3.05, 3.63) is 29.3 Å². The van der Waals surface area contributed by atoms with E-state index < -0.39 is 43.0 Å². The molecule has 1 amide bonds. The van der Waals surface area contributed by atoms with Gasteiger partial charge in [-0.1, -0.05) is 18.2 Å². The van der Waals surface area contributed by atoms with Crippen molar-refractivity contribution in [2.75, 3.05) is 19.7 Å². The fourth-order valence-electron chi connectivity index (χ4n) is 2.80. The summed E-state index contributed by atoms with van der Waals surface area (Å²) >= 11 is 0. The molecule has 1 fully saturated rings. The van der Waals surface area contributed by atoms with Gasteiger partial charge in [-0.2, -0.15) is 13.2 Å². The summed E-state index contributed by atoms with van der Waals surface area (Å²) in [6, 6.07) is 5.41. The molecular formula is C16H18F3NO4. The average molecular weight is 345 g/mol. The minimum absolute atomic E-state index is 0.263. The standard InChI is InChI=1S/C16H18F3NO4/c1-10-4-3-5-11(2)13(10)24-8-12(21)20-7-6-15(9-20,14(22)23)16(17,18)19/h3-5H,6-9H2,1-2H3,(H,22,23). The van der Waals surface area contributed by atoms with E-state index in [0.29, 0.717) is 5.75 Å². The number of para-hydroxylation sites is 1. The summed E-state index contributed by atoms with van der Waals surface area (Å²) in [7, 11) is 0. The van der Waals surface area contributed by atoms with Crippen LogP contribution in [0.15, 0.2) is 18.2 Å². The fourth-order valence-corrected chi connectivity index (χ4v) is 2.80. The Balaban J connectivity index is 2.06. The lowest BCUT2D eigenvalue weighted by molar-refractivity contribution is -0.227. The molecule has 0 spiro atoms. The highest BCUT2D eigenvalue weighted by Gasteiger charge is 2.64. The normalized spacial score (nSPS) is 21.0. The molecule has 8 heteroatoms. The molecular weight excluding hydrogens is 327 g/mol. The molecule has 0 bridgehead atoms. The number of carbonyl (C=O) groups excluding carboxylic acids is 1. The number of halogens is 3. The molecule has 1 aliphatic heterocycles.